The average Bonchev–Trinajstić information content (AvgIpc) is 3.49. The Hall–Kier alpha value is -2.12. The van der Waals surface area contributed by atoms with Gasteiger partial charge in [-0.15, -0.1) is 0 Å². The summed E-state index contributed by atoms with van der Waals surface area (Å²) in [6.07, 6.45) is 4.49. The fourth-order valence-electron chi connectivity index (χ4n) is 5.96. The van der Waals surface area contributed by atoms with Crippen LogP contribution >= 0.6 is 0 Å². The zero-order valence-corrected chi connectivity index (χ0v) is 16.9. The summed E-state index contributed by atoms with van der Waals surface area (Å²) in [7, 11) is 1.63. The largest absolute Gasteiger partial charge is 0.497 e. The number of aliphatic hydroxyl groups is 1. The van der Waals surface area contributed by atoms with Crippen molar-refractivity contribution in [3.8, 4) is 5.75 Å². The van der Waals surface area contributed by atoms with E-state index in [-0.39, 0.29) is 18.4 Å². The fourth-order valence-corrected chi connectivity index (χ4v) is 5.96. The second-order valence-corrected chi connectivity index (χ2v) is 9.17. The number of methoxy groups -OCH3 is 1. The van der Waals surface area contributed by atoms with Crippen LogP contribution in [0.15, 0.2) is 18.2 Å². The highest BCUT2D eigenvalue weighted by atomic mass is 16.5. The zero-order chi connectivity index (χ0) is 20.2. The molecule has 2 aliphatic heterocycles. The molecule has 3 atom stereocenters. The van der Waals surface area contributed by atoms with Crippen LogP contribution in [-0.2, 0) is 16.6 Å². The zero-order valence-electron chi connectivity index (χ0n) is 16.9. The van der Waals surface area contributed by atoms with E-state index in [1.807, 2.05) is 12.1 Å². The number of hydrogen-bond acceptors (Lipinski definition) is 5. The third-order valence-corrected chi connectivity index (χ3v) is 7.59. The number of hydrogen-bond donors (Lipinski definition) is 3. The fraction of sp³-hybridized carbons (Fsp3) is 0.636. The van der Waals surface area contributed by atoms with Gasteiger partial charge in [0.25, 0.3) is 0 Å². The van der Waals surface area contributed by atoms with Crippen LogP contribution in [0.4, 0.5) is 4.79 Å². The third kappa shape index (κ3) is 2.94. The Labute approximate surface area is 170 Å². The van der Waals surface area contributed by atoms with E-state index < -0.39 is 17.0 Å². The molecule has 7 nitrogen and oxygen atoms in total. The first-order valence-electron chi connectivity index (χ1n) is 10.7. The van der Waals surface area contributed by atoms with E-state index in [1.165, 1.54) is 18.4 Å². The highest BCUT2D eigenvalue weighted by Gasteiger charge is 2.63. The molecule has 3 fully saturated rings. The summed E-state index contributed by atoms with van der Waals surface area (Å²) in [5, 5.41) is 17.5. The van der Waals surface area contributed by atoms with Gasteiger partial charge in [0.2, 0.25) is 5.91 Å². The molecule has 2 saturated heterocycles. The molecule has 0 radical (unpaired) electrons. The van der Waals surface area contributed by atoms with E-state index >= 15 is 0 Å². The monoisotopic (exact) mass is 399 g/mol. The van der Waals surface area contributed by atoms with Crippen LogP contribution in [-0.4, -0.2) is 60.3 Å². The lowest BCUT2D eigenvalue weighted by Crippen LogP contribution is -2.72. The molecule has 0 aromatic heterocycles. The second-order valence-electron chi connectivity index (χ2n) is 9.17. The molecule has 1 saturated carbocycles. The molecule has 4 aliphatic rings. The summed E-state index contributed by atoms with van der Waals surface area (Å²) in [6.45, 7) is 2.20. The molecule has 0 unspecified atom stereocenters. The Balaban J connectivity index is 1.65. The van der Waals surface area contributed by atoms with Crippen LogP contribution in [0.3, 0.4) is 0 Å². The minimum atomic E-state index is -1.09. The van der Waals surface area contributed by atoms with E-state index in [4.69, 9.17) is 4.74 Å². The molecule has 0 spiro atoms. The minimum Gasteiger partial charge on any atom is -0.497 e. The van der Waals surface area contributed by atoms with E-state index in [9.17, 15) is 14.7 Å². The van der Waals surface area contributed by atoms with E-state index in [0.717, 1.165) is 36.7 Å². The summed E-state index contributed by atoms with van der Waals surface area (Å²) in [5.74, 6) is 1.12. The van der Waals surface area contributed by atoms with Crippen molar-refractivity contribution < 1.29 is 19.4 Å². The summed E-state index contributed by atoms with van der Waals surface area (Å²) >= 11 is 0. The van der Waals surface area contributed by atoms with Crippen molar-refractivity contribution in [1.82, 2.24) is 15.5 Å². The smallest absolute Gasteiger partial charge is 0.321 e. The summed E-state index contributed by atoms with van der Waals surface area (Å²) in [5.41, 5.74) is 0.364. The van der Waals surface area contributed by atoms with Gasteiger partial charge in [-0.2, -0.15) is 0 Å². The van der Waals surface area contributed by atoms with Crippen LogP contribution < -0.4 is 15.4 Å². The molecule has 3 amide bonds. The van der Waals surface area contributed by atoms with Crippen LogP contribution in [0.1, 0.15) is 43.2 Å². The Bertz CT molecular complexity index is 854. The SMILES string of the molecule is COc1ccc2c(c1)[C@]13CCN(CC4CC4)[C@H](C2)[C@]1(O)CCNC(=O)NC(=O)C3. The van der Waals surface area contributed by atoms with Gasteiger partial charge in [0, 0.05) is 31.0 Å². The number of benzene rings is 1. The molecule has 2 aliphatic carbocycles. The second kappa shape index (κ2) is 6.71. The Morgan fingerprint density at radius 1 is 1.28 bits per heavy atom. The molecular weight excluding hydrogens is 370 g/mol. The Morgan fingerprint density at radius 2 is 2.10 bits per heavy atom. The summed E-state index contributed by atoms with van der Waals surface area (Å²) in [6, 6.07) is 5.50. The molecular formula is C22H29N3O4. The van der Waals surface area contributed by atoms with Crippen molar-refractivity contribution in [2.24, 2.45) is 5.92 Å². The van der Waals surface area contributed by atoms with Crippen LogP contribution in [0, 0.1) is 5.92 Å². The molecule has 29 heavy (non-hydrogen) atoms. The highest BCUT2D eigenvalue weighted by molar-refractivity contribution is 5.95. The van der Waals surface area contributed by atoms with E-state index in [0.29, 0.717) is 19.4 Å². The molecule has 2 bridgehead atoms. The Kier molecular flexibility index (Phi) is 4.37. The van der Waals surface area contributed by atoms with Crippen molar-refractivity contribution >= 4 is 11.9 Å². The molecule has 1 aromatic carbocycles. The maximum Gasteiger partial charge on any atom is 0.321 e. The highest BCUT2D eigenvalue weighted by Crippen LogP contribution is 2.56. The quantitative estimate of drug-likeness (QED) is 0.713. The van der Waals surface area contributed by atoms with Crippen molar-refractivity contribution in [3.63, 3.8) is 0 Å². The standard InChI is InChI=1S/C22H29N3O4/c1-29-16-5-4-15-10-18-22(28)6-8-23-20(27)24-19(26)12-21(22,17(15)11-16)7-9-25(18)13-14-2-3-14/h4-5,11,14,18,28H,2-3,6-10,12-13H2,1H3,(H2,23,24,26,27)/t18-,21-,22-/m1/s1. The molecule has 3 N–H and O–H groups in total. The number of urea groups is 1. The van der Waals surface area contributed by atoms with Crippen molar-refractivity contribution in [1.29, 1.82) is 0 Å². The number of nitrogens with one attached hydrogen (secondary N) is 2. The predicted molar refractivity (Wildman–Crippen MR) is 107 cm³/mol. The number of piperidine rings is 1. The van der Waals surface area contributed by atoms with E-state index in [1.54, 1.807) is 7.11 Å². The molecule has 156 valence electrons. The first kappa shape index (κ1) is 18.9. The normalized spacial score (nSPS) is 34.6. The number of imide groups is 1. The number of amides is 3. The van der Waals surface area contributed by atoms with Gasteiger partial charge in [-0.1, -0.05) is 6.07 Å². The van der Waals surface area contributed by atoms with Crippen LogP contribution in [0.25, 0.3) is 0 Å². The third-order valence-electron chi connectivity index (χ3n) is 7.59. The van der Waals surface area contributed by atoms with Crippen molar-refractivity contribution in [2.75, 3.05) is 26.7 Å². The van der Waals surface area contributed by atoms with Crippen LogP contribution in [0.2, 0.25) is 0 Å². The molecule has 2 heterocycles. The lowest BCUT2D eigenvalue weighted by atomic mass is 9.52. The lowest BCUT2D eigenvalue weighted by Gasteiger charge is -2.61. The number of carbonyl (C=O) groups excluding carboxylic acids is 2. The van der Waals surface area contributed by atoms with Gasteiger partial charge in [0.15, 0.2) is 0 Å². The molecule has 7 heteroatoms. The summed E-state index contributed by atoms with van der Waals surface area (Å²) in [4.78, 5) is 27.2. The minimum absolute atomic E-state index is 0.0550. The average molecular weight is 399 g/mol. The number of ether oxygens (including phenoxy) is 1. The van der Waals surface area contributed by atoms with Gasteiger partial charge in [-0.25, -0.2) is 4.79 Å². The van der Waals surface area contributed by atoms with Gasteiger partial charge in [0.05, 0.1) is 12.7 Å². The predicted octanol–water partition coefficient (Wildman–Crippen LogP) is 1.32. The number of rotatable bonds is 3. The van der Waals surface area contributed by atoms with Crippen molar-refractivity contribution in [3.05, 3.63) is 29.3 Å². The molecule has 1 aromatic rings. The van der Waals surface area contributed by atoms with Gasteiger partial charge >= 0.3 is 6.03 Å². The Morgan fingerprint density at radius 3 is 2.86 bits per heavy atom. The number of likely N-dealkylation sites (tertiary alicyclic amines) is 1. The molecule has 5 rings (SSSR count). The van der Waals surface area contributed by atoms with Gasteiger partial charge in [0.1, 0.15) is 5.75 Å². The van der Waals surface area contributed by atoms with E-state index in [2.05, 4.69) is 21.6 Å². The topological polar surface area (TPSA) is 90.9 Å². The van der Waals surface area contributed by atoms with Crippen LogP contribution in [0.5, 0.6) is 5.75 Å². The van der Waals surface area contributed by atoms with Crippen molar-refractivity contribution in [2.45, 2.75) is 55.6 Å². The number of fused-ring (bicyclic) bond motifs is 1. The number of nitrogens with zero attached hydrogens (tertiary/aromatic N) is 1. The summed E-state index contributed by atoms with van der Waals surface area (Å²) < 4.78 is 5.47. The van der Waals surface area contributed by atoms with Gasteiger partial charge < -0.3 is 15.2 Å². The number of carbonyl (C=O) groups is 2. The maximum atomic E-state index is 12.8. The first-order valence-corrected chi connectivity index (χ1v) is 10.7. The lowest BCUT2D eigenvalue weighted by molar-refractivity contribution is -0.158. The first-order chi connectivity index (χ1) is 13.9. The van der Waals surface area contributed by atoms with Gasteiger partial charge in [-0.3, -0.25) is 15.0 Å². The maximum absolute atomic E-state index is 12.8. The van der Waals surface area contributed by atoms with Gasteiger partial charge in [-0.05, 0) is 67.8 Å².